The zero-order valence-corrected chi connectivity index (χ0v) is 40.7. The summed E-state index contributed by atoms with van der Waals surface area (Å²) < 4.78 is 27.6. The number of ether oxygens (including phenoxy) is 2. The molecule has 1 fully saturated rings. The third kappa shape index (κ3) is 12.9. The number of benzene rings is 2. The number of aliphatic hydroxyl groups is 1. The number of carbonyl (C=O) groups is 1. The number of unbranched alkanes of at least 4 members (excludes halogenated alkanes) is 2. The minimum Gasteiger partial charge on any atom is -0.461 e. The van der Waals surface area contributed by atoms with Crippen LogP contribution in [0, 0.1) is 23.2 Å². The first-order chi connectivity index (χ1) is 26.9. The molecule has 1 heterocycles. The van der Waals surface area contributed by atoms with E-state index in [1.807, 2.05) is 18.2 Å². The lowest BCUT2D eigenvalue weighted by atomic mass is 9.79. The summed E-state index contributed by atoms with van der Waals surface area (Å²) in [6, 6.07) is 21.1. The predicted molar refractivity (Wildman–Crippen MR) is 247 cm³/mol. The highest BCUT2D eigenvalue weighted by molar-refractivity contribution is 6.99. The Hall–Kier alpha value is -2.78. The maximum absolute atomic E-state index is 13.8. The van der Waals surface area contributed by atoms with Crippen LogP contribution in [0.25, 0.3) is 0 Å². The fourth-order valence-electron chi connectivity index (χ4n) is 8.11. The highest BCUT2D eigenvalue weighted by Crippen LogP contribution is 2.44. The molecular formula is C50H78O6Si2. The van der Waals surface area contributed by atoms with E-state index in [1.165, 1.54) is 0 Å². The van der Waals surface area contributed by atoms with E-state index in [9.17, 15) is 9.90 Å². The van der Waals surface area contributed by atoms with Gasteiger partial charge in [0.1, 0.15) is 6.10 Å². The summed E-state index contributed by atoms with van der Waals surface area (Å²) in [6.07, 6.45) is 7.41. The lowest BCUT2D eigenvalue weighted by molar-refractivity contribution is -0.266. The van der Waals surface area contributed by atoms with Crippen LogP contribution in [0.2, 0.25) is 23.2 Å². The van der Waals surface area contributed by atoms with Gasteiger partial charge in [-0.15, -0.1) is 12.5 Å². The van der Waals surface area contributed by atoms with Gasteiger partial charge in [-0.3, -0.25) is 4.79 Å². The number of hydrogen-bond acceptors (Lipinski definition) is 6. The first-order valence-electron chi connectivity index (χ1n) is 21.7. The Kier molecular flexibility index (Phi) is 17.7. The topological polar surface area (TPSA) is 74.2 Å². The number of carbonyl (C=O) groups excluding carboxylic acids is 1. The maximum atomic E-state index is 13.8. The summed E-state index contributed by atoms with van der Waals surface area (Å²) >= 11 is 0. The Balaban J connectivity index is 2.14. The van der Waals surface area contributed by atoms with E-state index in [2.05, 4.69) is 162 Å². The molecule has 1 saturated heterocycles. The van der Waals surface area contributed by atoms with Crippen molar-refractivity contribution in [1.82, 2.24) is 0 Å². The first kappa shape index (κ1) is 49.6. The van der Waals surface area contributed by atoms with Gasteiger partial charge in [0, 0.05) is 30.6 Å². The molecule has 6 atom stereocenters. The standard InChI is InChI=1S/C50H78O6Si2/c1-16-19-23-29-40(28-20-17-2)53-45(51)37-50(52)36-41(55-58(48(9,10)11,42-30-24-21-25-31-42)43-32-26-22-27-33-43)35-44(54-50)38(4)34-39(5)46(49(12,13)18-3)56-57(14,15)47(6,7)8/h18,21-22,24-27,30-34,39-41,44,46,52H,3,16,19,23,28-29,35-37H2,1-2,4-15H3/b38-34+/t39-,40-,41-,44-,46-,50?/m0/s1. The molecule has 3 rings (SSSR count). The van der Waals surface area contributed by atoms with Crippen LogP contribution < -0.4 is 10.4 Å². The Morgan fingerprint density at radius 3 is 2.03 bits per heavy atom. The summed E-state index contributed by atoms with van der Waals surface area (Å²) in [5.74, 6) is 3.72. The summed E-state index contributed by atoms with van der Waals surface area (Å²) in [7, 11) is -5.20. The average molecular weight is 831 g/mol. The van der Waals surface area contributed by atoms with Crippen molar-refractivity contribution in [2.75, 3.05) is 0 Å². The van der Waals surface area contributed by atoms with Gasteiger partial charge < -0.3 is 23.4 Å². The summed E-state index contributed by atoms with van der Waals surface area (Å²) in [5.41, 5.74) is 0.656. The quantitative estimate of drug-likeness (QED) is 0.0500. The largest absolute Gasteiger partial charge is 0.461 e. The molecule has 1 aliphatic rings. The van der Waals surface area contributed by atoms with Crippen molar-refractivity contribution < 1.29 is 28.2 Å². The molecule has 0 aromatic heterocycles. The molecule has 0 radical (unpaired) electrons. The van der Waals surface area contributed by atoms with Gasteiger partial charge in [-0.2, -0.15) is 0 Å². The van der Waals surface area contributed by atoms with Gasteiger partial charge in [0.15, 0.2) is 14.1 Å². The van der Waals surface area contributed by atoms with Gasteiger partial charge >= 0.3 is 5.97 Å². The van der Waals surface area contributed by atoms with Crippen LogP contribution in [0.1, 0.15) is 134 Å². The van der Waals surface area contributed by atoms with Gasteiger partial charge in [0.05, 0.1) is 24.7 Å². The van der Waals surface area contributed by atoms with E-state index < -0.39 is 40.6 Å². The van der Waals surface area contributed by atoms with Gasteiger partial charge in [0.25, 0.3) is 8.32 Å². The SMILES string of the molecule is C=CC(C)(C)[C@@H](O[Si](C)(C)C(C)(C)C)[C@@H](C)/C=C(\C)[C@@H]1C[C@H](O[Si](c2ccccc2)(c2ccccc2)C(C)(C)C)CC(O)(CC(=O)O[C@@H](CC#CC)CCCCC)O1. The van der Waals surface area contributed by atoms with E-state index in [4.69, 9.17) is 18.3 Å². The minimum atomic E-state index is -3.03. The van der Waals surface area contributed by atoms with Crippen LogP contribution in [0.3, 0.4) is 0 Å². The molecule has 0 aliphatic carbocycles. The lowest BCUT2D eigenvalue weighted by Crippen LogP contribution is -2.68. The fourth-order valence-corrected chi connectivity index (χ4v) is 14.3. The maximum Gasteiger partial charge on any atom is 0.311 e. The molecule has 2 aromatic rings. The van der Waals surface area contributed by atoms with E-state index in [1.54, 1.807) is 6.92 Å². The van der Waals surface area contributed by atoms with Crippen LogP contribution in [0.4, 0.5) is 0 Å². The minimum absolute atomic E-state index is 0.00897. The zero-order chi connectivity index (χ0) is 43.6. The second-order valence-corrected chi connectivity index (χ2v) is 28.9. The summed E-state index contributed by atoms with van der Waals surface area (Å²) in [5, 5.41) is 14.6. The second kappa shape index (κ2) is 20.7. The summed E-state index contributed by atoms with van der Waals surface area (Å²) in [6.45, 7) is 35.0. The Labute approximate surface area is 355 Å². The van der Waals surface area contributed by atoms with Gasteiger partial charge in [-0.05, 0) is 65.8 Å². The van der Waals surface area contributed by atoms with Crippen molar-refractivity contribution in [3.05, 3.63) is 85.0 Å². The summed E-state index contributed by atoms with van der Waals surface area (Å²) in [4.78, 5) is 13.8. The van der Waals surface area contributed by atoms with Crippen LogP contribution in [0.15, 0.2) is 85.0 Å². The molecule has 58 heavy (non-hydrogen) atoms. The number of hydrogen-bond donors (Lipinski definition) is 1. The molecule has 0 bridgehead atoms. The first-order valence-corrected chi connectivity index (χ1v) is 26.5. The predicted octanol–water partition coefficient (Wildman–Crippen LogP) is 11.3. The van der Waals surface area contributed by atoms with E-state index in [0.717, 1.165) is 41.6 Å². The molecule has 322 valence electrons. The normalized spacial score (nSPS) is 21.3. The van der Waals surface area contributed by atoms with Gasteiger partial charge in [-0.1, -0.05) is 161 Å². The van der Waals surface area contributed by atoms with Crippen LogP contribution >= 0.6 is 0 Å². The Morgan fingerprint density at radius 2 is 1.55 bits per heavy atom. The highest BCUT2D eigenvalue weighted by Gasteiger charge is 2.54. The number of rotatable bonds is 19. The van der Waals surface area contributed by atoms with Crippen LogP contribution in [0.5, 0.6) is 0 Å². The zero-order valence-electron chi connectivity index (χ0n) is 38.7. The molecule has 1 N–H and O–H groups in total. The van der Waals surface area contributed by atoms with Crippen LogP contribution in [-0.4, -0.2) is 57.9 Å². The van der Waals surface area contributed by atoms with Crippen LogP contribution in [-0.2, 0) is 23.1 Å². The fraction of sp³-hybridized carbons (Fsp3) is 0.620. The third-order valence-electron chi connectivity index (χ3n) is 12.5. The monoisotopic (exact) mass is 831 g/mol. The van der Waals surface area contributed by atoms with E-state index in [-0.39, 0.29) is 46.5 Å². The second-order valence-electron chi connectivity index (χ2n) is 19.9. The molecule has 0 amide bonds. The van der Waals surface area contributed by atoms with Crippen molar-refractivity contribution in [3.8, 4) is 11.8 Å². The Bertz CT molecular complexity index is 1650. The molecule has 1 aliphatic heterocycles. The Morgan fingerprint density at radius 1 is 0.983 bits per heavy atom. The van der Waals surface area contributed by atoms with Crippen molar-refractivity contribution in [2.45, 2.75) is 188 Å². The third-order valence-corrected chi connectivity index (χ3v) is 22.0. The molecular weight excluding hydrogens is 753 g/mol. The van der Waals surface area contributed by atoms with Crippen molar-refractivity contribution >= 4 is 33.0 Å². The van der Waals surface area contributed by atoms with Crippen molar-refractivity contribution in [3.63, 3.8) is 0 Å². The lowest BCUT2D eigenvalue weighted by Gasteiger charge is -2.49. The highest BCUT2D eigenvalue weighted by atomic mass is 28.4. The molecule has 1 unspecified atom stereocenters. The van der Waals surface area contributed by atoms with Gasteiger partial charge in [0.2, 0.25) is 0 Å². The smallest absolute Gasteiger partial charge is 0.311 e. The number of esters is 1. The molecule has 0 saturated carbocycles. The molecule has 8 heteroatoms. The molecule has 0 spiro atoms. The van der Waals surface area contributed by atoms with E-state index >= 15 is 0 Å². The average Bonchev–Trinajstić information content (AvgIpc) is 3.14. The molecule has 2 aromatic carbocycles. The van der Waals surface area contributed by atoms with E-state index in [0.29, 0.717) is 12.8 Å². The molecule has 6 nitrogen and oxygen atoms in total. The van der Waals surface area contributed by atoms with Crippen molar-refractivity contribution in [1.29, 1.82) is 0 Å². The van der Waals surface area contributed by atoms with Gasteiger partial charge in [-0.25, -0.2) is 0 Å². The van der Waals surface area contributed by atoms with Crippen molar-refractivity contribution in [2.24, 2.45) is 11.3 Å².